The molecular weight excluding hydrogens is 300 g/mol. The molecule has 134 valence electrons. The molecule has 0 saturated carbocycles. The molecule has 0 atom stereocenters. The highest BCUT2D eigenvalue weighted by Gasteiger charge is 2.10. The molecule has 24 heavy (non-hydrogen) atoms. The van der Waals surface area contributed by atoms with Crippen LogP contribution in [-0.4, -0.2) is 51.3 Å². The summed E-state index contributed by atoms with van der Waals surface area (Å²) in [5.74, 6) is 0.837. The van der Waals surface area contributed by atoms with Gasteiger partial charge in [-0.2, -0.15) is 0 Å². The van der Waals surface area contributed by atoms with Crippen LogP contribution in [0.5, 0.6) is 0 Å². The SMILES string of the molecule is CN=C(NCCCOC)NCc1ccc(CN2CCCCC2)cc1. The fourth-order valence-electron chi connectivity index (χ4n) is 2.97. The lowest BCUT2D eigenvalue weighted by atomic mass is 10.1. The van der Waals surface area contributed by atoms with E-state index in [1.54, 1.807) is 14.2 Å². The van der Waals surface area contributed by atoms with Gasteiger partial charge in [-0.25, -0.2) is 0 Å². The minimum absolute atomic E-state index is 0.766. The monoisotopic (exact) mass is 332 g/mol. The van der Waals surface area contributed by atoms with Crippen molar-refractivity contribution in [1.82, 2.24) is 15.5 Å². The normalized spacial score (nSPS) is 16.2. The second-order valence-corrected chi connectivity index (χ2v) is 6.35. The number of methoxy groups -OCH3 is 1. The van der Waals surface area contributed by atoms with E-state index >= 15 is 0 Å². The van der Waals surface area contributed by atoms with E-state index in [2.05, 4.69) is 44.8 Å². The number of nitrogens with one attached hydrogen (secondary N) is 2. The molecule has 1 aliphatic heterocycles. The topological polar surface area (TPSA) is 48.9 Å². The van der Waals surface area contributed by atoms with Gasteiger partial charge in [0.05, 0.1) is 0 Å². The minimum atomic E-state index is 0.766. The molecule has 1 aromatic rings. The number of hydrogen-bond donors (Lipinski definition) is 2. The predicted molar refractivity (Wildman–Crippen MR) is 100 cm³/mol. The fourth-order valence-corrected chi connectivity index (χ4v) is 2.97. The summed E-state index contributed by atoms with van der Waals surface area (Å²) in [6.45, 7) is 5.98. The maximum Gasteiger partial charge on any atom is 0.191 e. The molecular formula is C19H32N4O. The van der Waals surface area contributed by atoms with E-state index in [0.29, 0.717) is 0 Å². The van der Waals surface area contributed by atoms with Gasteiger partial charge < -0.3 is 15.4 Å². The first-order chi connectivity index (χ1) is 11.8. The van der Waals surface area contributed by atoms with Crippen LogP contribution in [-0.2, 0) is 17.8 Å². The second kappa shape index (κ2) is 11.0. The molecule has 2 rings (SSSR count). The molecule has 0 amide bonds. The number of benzene rings is 1. The fraction of sp³-hybridized carbons (Fsp3) is 0.632. The van der Waals surface area contributed by atoms with Crippen LogP contribution >= 0.6 is 0 Å². The zero-order valence-electron chi connectivity index (χ0n) is 15.2. The maximum absolute atomic E-state index is 5.05. The smallest absolute Gasteiger partial charge is 0.191 e. The van der Waals surface area contributed by atoms with Crippen molar-refractivity contribution in [3.05, 3.63) is 35.4 Å². The van der Waals surface area contributed by atoms with Gasteiger partial charge in [0.2, 0.25) is 0 Å². The highest BCUT2D eigenvalue weighted by Crippen LogP contribution is 2.13. The summed E-state index contributed by atoms with van der Waals surface area (Å²) in [7, 11) is 3.52. The van der Waals surface area contributed by atoms with Crippen LogP contribution in [0.1, 0.15) is 36.8 Å². The number of guanidine groups is 1. The molecule has 2 N–H and O–H groups in total. The molecule has 0 radical (unpaired) electrons. The van der Waals surface area contributed by atoms with Gasteiger partial charge in [-0.15, -0.1) is 0 Å². The van der Waals surface area contributed by atoms with E-state index in [1.807, 2.05) is 0 Å². The predicted octanol–water partition coefficient (Wildman–Crippen LogP) is 2.37. The zero-order chi connectivity index (χ0) is 17.0. The summed E-state index contributed by atoms with van der Waals surface area (Å²) in [4.78, 5) is 6.80. The highest BCUT2D eigenvalue weighted by atomic mass is 16.5. The Balaban J connectivity index is 1.72. The third-order valence-electron chi connectivity index (χ3n) is 4.38. The highest BCUT2D eigenvalue weighted by molar-refractivity contribution is 5.79. The van der Waals surface area contributed by atoms with Gasteiger partial charge in [0.15, 0.2) is 5.96 Å². The molecule has 5 heteroatoms. The van der Waals surface area contributed by atoms with Crippen LogP contribution in [0.3, 0.4) is 0 Å². The van der Waals surface area contributed by atoms with Gasteiger partial charge in [-0.3, -0.25) is 9.89 Å². The number of piperidine rings is 1. The molecule has 0 aromatic heterocycles. The van der Waals surface area contributed by atoms with Gasteiger partial charge in [0, 0.05) is 40.4 Å². The van der Waals surface area contributed by atoms with Crippen molar-refractivity contribution in [2.75, 3.05) is 40.4 Å². The number of aliphatic imine (C=N–C) groups is 1. The van der Waals surface area contributed by atoms with E-state index in [-0.39, 0.29) is 0 Å². The van der Waals surface area contributed by atoms with Crippen LogP contribution in [0.4, 0.5) is 0 Å². The van der Waals surface area contributed by atoms with E-state index in [4.69, 9.17) is 4.74 Å². The third-order valence-corrected chi connectivity index (χ3v) is 4.38. The van der Waals surface area contributed by atoms with Gasteiger partial charge in [0.25, 0.3) is 0 Å². The molecule has 0 aliphatic carbocycles. The van der Waals surface area contributed by atoms with Gasteiger partial charge in [-0.1, -0.05) is 30.7 Å². The lowest BCUT2D eigenvalue weighted by molar-refractivity contribution is 0.195. The zero-order valence-corrected chi connectivity index (χ0v) is 15.2. The third kappa shape index (κ3) is 6.89. The van der Waals surface area contributed by atoms with Crippen molar-refractivity contribution in [2.24, 2.45) is 4.99 Å². The molecule has 1 fully saturated rings. The molecule has 0 bridgehead atoms. The quantitative estimate of drug-likeness (QED) is 0.436. The summed E-state index contributed by atoms with van der Waals surface area (Å²) in [5, 5.41) is 6.64. The Morgan fingerprint density at radius 2 is 1.79 bits per heavy atom. The average molecular weight is 332 g/mol. The Bertz CT molecular complexity index is 481. The van der Waals surface area contributed by atoms with E-state index in [0.717, 1.165) is 38.6 Å². The largest absolute Gasteiger partial charge is 0.385 e. The second-order valence-electron chi connectivity index (χ2n) is 6.35. The lowest BCUT2D eigenvalue weighted by Gasteiger charge is -2.26. The number of hydrogen-bond acceptors (Lipinski definition) is 3. The van der Waals surface area contributed by atoms with Crippen LogP contribution < -0.4 is 10.6 Å². The first-order valence-corrected chi connectivity index (χ1v) is 9.05. The molecule has 1 aliphatic rings. The van der Waals surface area contributed by atoms with Crippen LogP contribution in [0.15, 0.2) is 29.3 Å². The van der Waals surface area contributed by atoms with E-state index < -0.39 is 0 Å². The van der Waals surface area contributed by atoms with Crippen molar-refractivity contribution in [3.8, 4) is 0 Å². The minimum Gasteiger partial charge on any atom is -0.385 e. The first kappa shape index (κ1) is 18.7. The summed E-state index contributed by atoms with van der Waals surface area (Å²) in [6, 6.07) is 8.93. The van der Waals surface area contributed by atoms with Crippen molar-refractivity contribution >= 4 is 5.96 Å². The van der Waals surface area contributed by atoms with Crippen LogP contribution in [0, 0.1) is 0 Å². The van der Waals surface area contributed by atoms with Gasteiger partial charge >= 0.3 is 0 Å². The Morgan fingerprint density at radius 1 is 1.08 bits per heavy atom. The Hall–Kier alpha value is -1.59. The molecule has 1 heterocycles. The van der Waals surface area contributed by atoms with Crippen molar-refractivity contribution in [2.45, 2.75) is 38.8 Å². The number of rotatable bonds is 8. The summed E-state index contributed by atoms with van der Waals surface area (Å²) in [6.07, 6.45) is 5.06. The molecule has 1 aromatic carbocycles. The molecule has 5 nitrogen and oxygen atoms in total. The number of ether oxygens (including phenoxy) is 1. The Kier molecular flexibility index (Phi) is 8.63. The molecule has 0 unspecified atom stereocenters. The molecule has 1 saturated heterocycles. The van der Waals surface area contributed by atoms with E-state index in [1.165, 1.54) is 43.5 Å². The lowest BCUT2D eigenvalue weighted by Crippen LogP contribution is -2.37. The Labute approximate surface area is 146 Å². The van der Waals surface area contributed by atoms with Crippen molar-refractivity contribution < 1.29 is 4.74 Å². The maximum atomic E-state index is 5.05. The number of likely N-dealkylation sites (tertiary alicyclic amines) is 1. The number of nitrogens with zero attached hydrogens (tertiary/aromatic N) is 2. The van der Waals surface area contributed by atoms with Gasteiger partial charge in [0.1, 0.15) is 0 Å². The summed E-state index contributed by atoms with van der Waals surface area (Å²) in [5.41, 5.74) is 2.68. The Morgan fingerprint density at radius 3 is 2.46 bits per heavy atom. The first-order valence-electron chi connectivity index (χ1n) is 9.05. The van der Waals surface area contributed by atoms with Crippen LogP contribution in [0.25, 0.3) is 0 Å². The standard InChI is InChI=1S/C19H32N4O/c1-20-19(21-11-6-14-24-2)22-15-17-7-9-18(10-8-17)16-23-12-4-3-5-13-23/h7-10H,3-6,11-16H2,1-2H3,(H2,20,21,22). The van der Waals surface area contributed by atoms with Crippen molar-refractivity contribution in [1.29, 1.82) is 0 Å². The van der Waals surface area contributed by atoms with Crippen LogP contribution in [0.2, 0.25) is 0 Å². The summed E-state index contributed by atoms with van der Waals surface area (Å²) >= 11 is 0. The van der Waals surface area contributed by atoms with E-state index in [9.17, 15) is 0 Å². The van der Waals surface area contributed by atoms with Gasteiger partial charge in [-0.05, 0) is 43.5 Å². The average Bonchev–Trinajstić information content (AvgIpc) is 2.63. The molecule has 0 spiro atoms. The van der Waals surface area contributed by atoms with Crippen molar-refractivity contribution in [3.63, 3.8) is 0 Å². The summed E-state index contributed by atoms with van der Waals surface area (Å²) < 4.78 is 5.05.